The van der Waals surface area contributed by atoms with Crippen LogP contribution in [0.3, 0.4) is 0 Å². The molecule has 1 rings (SSSR count). The molecule has 41 valence electrons. The highest BCUT2D eigenvalue weighted by Gasteiger charge is 2.24. The van der Waals surface area contributed by atoms with E-state index in [-0.39, 0.29) is 0 Å². The molecule has 0 aromatic heterocycles. The highest BCUT2D eigenvalue weighted by molar-refractivity contribution is 4.80. The molecule has 1 heteroatoms. The lowest BCUT2D eigenvalue weighted by Gasteiger charge is -2.30. The largest absolute Gasteiger partial charge is 0.381 e. The molecule has 0 aromatic rings. The lowest BCUT2D eigenvalue weighted by atomic mass is 9.84. The molecule has 1 fully saturated rings. The molecule has 1 radical (unpaired) electrons. The van der Waals surface area contributed by atoms with Crippen LogP contribution >= 0.6 is 0 Å². The summed E-state index contributed by atoms with van der Waals surface area (Å²) in [6, 6.07) is 0. The first-order valence-corrected chi connectivity index (χ1v) is 2.69. The first-order chi connectivity index (χ1) is 3.33. The summed E-state index contributed by atoms with van der Waals surface area (Å²) in [5, 5.41) is 0. The third-order valence-corrected chi connectivity index (χ3v) is 1.53. The number of ether oxygens (including phenoxy) is 1. The van der Waals surface area contributed by atoms with Crippen LogP contribution in [0.1, 0.15) is 12.8 Å². The summed E-state index contributed by atoms with van der Waals surface area (Å²) in [6.45, 7) is 3.86. The monoisotopic (exact) mass is 99.1 g/mol. The van der Waals surface area contributed by atoms with E-state index < -0.39 is 0 Å². The zero-order valence-corrected chi connectivity index (χ0v) is 4.68. The van der Waals surface area contributed by atoms with Gasteiger partial charge in [0.2, 0.25) is 0 Å². The topological polar surface area (TPSA) is 9.23 Å². The maximum Gasteiger partial charge on any atom is 0.0576 e. The minimum Gasteiger partial charge on any atom is -0.381 e. The van der Waals surface area contributed by atoms with Crippen molar-refractivity contribution in [2.24, 2.45) is 5.92 Å². The van der Waals surface area contributed by atoms with E-state index in [4.69, 9.17) is 4.74 Å². The Morgan fingerprint density at radius 1 is 1.57 bits per heavy atom. The Labute approximate surface area is 44.7 Å². The van der Waals surface area contributed by atoms with Gasteiger partial charge in [0.15, 0.2) is 0 Å². The van der Waals surface area contributed by atoms with E-state index in [1.165, 1.54) is 0 Å². The van der Waals surface area contributed by atoms with E-state index in [1.807, 2.05) is 0 Å². The smallest absolute Gasteiger partial charge is 0.0576 e. The third kappa shape index (κ3) is 0.942. The van der Waals surface area contributed by atoms with Crippen LogP contribution in [0.5, 0.6) is 0 Å². The second-order valence-corrected chi connectivity index (χ2v) is 2.20. The van der Waals surface area contributed by atoms with Gasteiger partial charge in [0.05, 0.1) is 6.10 Å². The van der Waals surface area contributed by atoms with Gasteiger partial charge in [-0.05, 0) is 25.7 Å². The van der Waals surface area contributed by atoms with Crippen LogP contribution in [0.25, 0.3) is 0 Å². The zero-order chi connectivity index (χ0) is 5.28. The van der Waals surface area contributed by atoms with E-state index in [2.05, 4.69) is 6.92 Å². The molecule has 0 aliphatic heterocycles. The molecule has 1 aliphatic rings. The first kappa shape index (κ1) is 5.10. The van der Waals surface area contributed by atoms with Crippen molar-refractivity contribution in [1.29, 1.82) is 0 Å². The van der Waals surface area contributed by atoms with E-state index in [9.17, 15) is 0 Å². The van der Waals surface area contributed by atoms with Crippen molar-refractivity contribution in [2.75, 3.05) is 7.11 Å². The Kier molecular flexibility index (Phi) is 1.33. The summed E-state index contributed by atoms with van der Waals surface area (Å²) in [7, 11) is 1.76. The van der Waals surface area contributed by atoms with Gasteiger partial charge in [-0.2, -0.15) is 0 Å². The molecule has 0 aromatic carbocycles. The predicted octanol–water partition coefficient (Wildman–Crippen LogP) is 1.25. The normalized spacial score (nSPS) is 40.3. The third-order valence-electron chi connectivity index (χ3n) is 1.53. The molecule has 0 bridgehead atoms. The molecular formula is C6H11O. The summed E-state index contributed by atoms with van der Waals surface area (Å²) in [6.07, 6.45) is 2.86. The first-order valence-electron chi connectivity index (χ1n) is 2.69. The quantitative estimate of drug-likeness (QED) is 0.480. The van der Waals surface area contributed by atoms with E-state index in [0.29, 0.717) is 12.0 Å². The van der Waals surface area contributed by atoms with Gasteiger partial charge in [0.1, 0.15) is 0 Å². The van der Waals surface area contributed by atoms with Crippen molar-refractivity contribution in [3.05, 3.63) is 6.92 Å². The Bertz CT molecular complexity index is 55.2. The van der Waals surface area contributed by atoms with Crippen molar-refractivity contribution >= 4 is 0 Å². The number of hydrogen-bond donors (Lipinski definition) is 0. The van der Waals surface area contributed by atoms with E-state index >= 15 is 0 Å². The summed E-state index contributed by atoms with van der Waals surface area (Å²) < 4.78 is 5.02. The highest BCUT2D eigenvalue weighted by atomic mass is 16.5. The van der Waals surface area contributed by atoms with Crippen molar-refractivity contribution in [3.8, 4) is 0 Å². The van der Waals surface area contributed by atoms with Crippen LogP contribution < -0.4 is 0 Å². The fourth-order valence-electron chi connectivity index (χ4n) is 0.867. The minimum atomic E-state index is 0.530. The van der Waals surface area contributed by atoms with Gasteiger partial charge in [-0.1, -0.05) is 0 Å². The molecule has 0 saturated heterocycles. The molecule has 0 heterocycles. The van der Waals surface area contributed by atoms with Crippen molar-refractivity contribution in [2.45, 2.75) is 18.9 Å². The van der Waals surface area contributed by atoms with Gasteiger partial charge in [-0.25, -0.2) is 0 Å². The Balaban J connectivity index is 2.06. The number of methoxy groups -OCH3 is 1. The van der Waals surface area contributed by atoms with E-state index in [1.54, 1.807) is 7.11 Å². The maximum absolute atomic E-state index is 5.02. The van der Waals surface area contributed by atoms with Crippen LogP contribution in [-0.4, -0.2) is 13.2 Å². The Morgan fingerprint density at radius 3 is 2.29 bits per heavy atom. The average Bonchev–Trinajstić information content (AvgIpc) is 1.58. The maximum atomic E-state index is 5.02. The standard InChI is InChI=1S/C6H11O/c1-5-3-6(4-5)7-2/h5-6H,1,3-4H2,2H3. The number of hydrogen-bond acceptors (Lipinski definition) is 1. The fourth-order valence-corrected chi connectivity index (χ4v) is 0.867. The predicted molar refractivity (Wildman–Crippen MR) is 28.9 cm³/mol. The molecule has 7 heavy (non-hydrogen) atoms. The summed E-state index contributed by atoms with van der Waals surface area (Å²) in [4.78, 5) is 0. The zero-order valence-electron chi connectivity index (χ0n) is 4.68. The molecule has 0 unspecified atom stereocenters. The van der Waals surface area contributed by atoms with E-state index in [0.717, 1.165) is 12.8 Å². The fraction of sp³-hybridized carbons (Fsp3) is 0.833. The summed E-state index contributed by atoms with van der Waals surface area (Å²) >= 11 is 0. The van der Waals surface area contributed by atoms with Crippen LogP contribution in [-0.2, 0) is 4.74 Å². The second kappa shape index (κ2) is 1.83. The van der Waals surface area contributed by atoms with Crippen LogP contribution in [0.15, 0.2) is 0 Å². The molecule has 0 N–H and O–H groups in total. The highest BCUT2D eigenvalue weighted by Crippen LogP contribution is 2.27. The SMILES string of the molecule is [CH2]C1CC(OC)C1. The molecular weight excluding hydrogens is 88.1 g/mol. The lowest BCUT2D eigenvalue weighted by Crippen LogP contribution is -2.28. The van der Waals surface area contributed by atoms with Gasteiger partial charge in [-0.3, -0.25) is 0 Å². The Hall–Kier alpha value is -0.0400. The van der Waals surface area contributed by atoms with Crippen LogP contribution in [0.2, 0.25) is 0 Å². The summed E-state index contributed by atoms with van der Waals surface area (Å²) in [5.41, 5.74) is 0. The molecule has 0 atom stereocenters. The van der Waals surface area contributed by atoms with Crippen LogP contribution in [0.4, 0.5) is 0 Å². The van der Waals surface area contributed by atoms with Gasteiger partial charge in [0.25, 0.3) is 0 Å². The Morgan fingerprint density at radius 2 is 2.14 bits per heavy atom. The molecule has 0 spiro atoms. The molecule has 1 saturated carbocycles. The lowest BCUT2D eigenvalue weighted by molar-refractivity contribution is 0.0156. The molecule has 0 amide bonds. The van der Waals surface area contributed by atoms with Gasteiger partial charge < -0.3 is 4.74 Å². The second-order valence-electron chi connectivity index (χ2n) is 2.20. The van der Waals surface area contributed by atoms with Crippen molar-refractivity contribution < 1.29 is 4.74 Å². The van der Waals surface area contributed by atoms with Crippen LogP contribution in [0, 0.1) is 12.8 Å². The van der Waals surface area contributed by atoms with Gasteiger partial charge in [-0.15, -0.1) is 0 Å². The molecule has 1 nitrogen and oxygen atoms in total. The summed E-state index contributed by atoms with van der Waals surface area (Å²) in [5.74, 6) is 0.671. The molecule has 1 aliphatic carbocycles. The number of rotatable bonds is 1. The van der Waals surface area contributed by atoms with Crippen molar-refractivity contribution in [3.63, 3.8) is 0 Å². The minimum absolute atomic E-state index is 0.530. The van der Waals surface area contributed by atoms with Gasteiger partial charge in [0, 0.05) is 7.11 Å². The van der Waals surface area contributed by atoms with Crippen molar-refractivity contribution in [1.82, 2.24) is 0 Å². The van der Waals surface area contributed by atoms with Gasteiger partial charge >= 0.3 is 0 Å². The average molecular weight is 99.2 g/mol.